The van der Waals surface area contributed by atoms with Crippen molar-refractivity contribution >= 4 is 0 Å². The van der Waals surface area contributed by atoms with Crippen molar-refractivity contribution in [3.8, 4) is 0 Å². The van der Waals surface area contributed by atoms with Crippen molar-refractivity contribution in [2.75, 3.05) is 6.54 Å². The van der Waals surface area contributed by atoms with Crippen molar-refractivity contribution in [1.82, 2.24) is 5.32 Å². The molecule has 0 radical (unpaired) electrons. The molecule has 1 fully saturated rings. The van der Waals surface area contributed by atoms with Crippen molar-refractivity contribution in [2.45, 2.75) is 58.3 Å². The lowest BCUT2D eigenvalue weighted by Gasteiger charge is -2.19. The predicted octanol–water partition coefficient (Wildman–Crippen LogP) is 3.47. The number of nitrogens with one attached hydrogen (secondary N) is 1. The van der Waals surface area contributed by atoms with Crippen LogP contribution in [-0.4, -0.2) is 18.7 Å². The summed E-state index contributed by atoms with van der Waals surface area (Å²) in [6.07, 6.45) is 3.98. The van der Waals surface area contributed by atoms with E-state index >= 15 is 0 Å². The third-order valence-electron chi connectivity index (χ3n) is 3.62. The highest BCUT2D eigenvalue weighted by atomic mass is 16.5. The van der Waals surface area contributed by atoms with Crippen molar-refractivity contribution in [3.05, 3.63) is 35.4 Å². The molecule has 3 unspecified atom stereocenters. The Balaban J connectivity index is 2.05. The highest BCUT2D eigenvalue weighted by Crippen LogP contribution is 2.23. The number of aryl methyl sites for hydroxylation is 1. The second kappa shape index (κ2) is 6.35. The molecule has 2 rings (SSSR count). The van der Waals surface area contributed by atoms with E-state index in [0.717, 1.165) is 19.4 Å². The molecular weight excluding hydrogens is 222 g/mol. The van der Waals surface area contributed by atoms with Gasteiger partial charge in [0.1, 0.15) is 0 Å². The maximum absolute atomic E-state index is 6.11. The smallest absolute Gasteiger partial charge is 0.0952 e. The van der Waals surface area contributed by atoms with Crippen LogP contribution in [0.4, 0.5) is 0 Å². The first-order valence-corrected chi connectivity index (χ1v) is 7.16. The van der Waals surface area contributed by atoms with Gasteiger partial charge in [-0.3, -0.25) is 0 Å². The summed E-state index contributed by atoms with van der Waals surface area (Å²) in [4.78, 5) is 0. The summed E-state index contributed by atoms with van der Waals surface area (Å²) < 4.78 is 6.11. The minimum atomic E-state index is 0.195. The second-order valence-corrected chi connectivity index (χ2v) is 5.47. The van der Waals surface area contributed by atoms with Gasteiger partial charge < -0.3 is 10.1 Å². The van der Waals surface area contributed by atoms with Gasteiger partial charge in [0, 0.05) is 12.6 Å². The summed E-state index contributed by atoms with van der Waals surface area (Å²) in [6, 6.07) is 9.46. The van der Waals surface area contributed by atoms with Gasteiger partial charge in [0.2, 0.25) is 0 Å². The van der Waals surface area contributed by atoms with E-state index in [2.05, 4.69) is 50.4 Å². The second-order valence-electron chi connectivity index (χ2n) is 5.47. The Hall–Kier alpha value is -0.860. The van der Waals surface area contributed by atoms with E-state index in [4.69, 9.17) is 4.74 Å². The Morgan fingerprint density at radius 1 is 1.22 bits per heavy atom. The van der Waals surface area contributed by atoms with Gasteiger partial charge in [-0.1, -0.05) is 37.6 Å². The van der Waals surface area contributed by atoms with Gasteiger partial charge in [0.15, 0.2) is 0 Å². The molecule has 0 bridgehead atoms. The van der Waals surface area contributed by atoms with Crippen LogP contribution in [-0.2, 0) is 11.2 Å². The van der Waals surface area contributed by atoms with Gasteiger partial charge in [-0.2, -0.15) is 0 Å². The highest BCUT2D eigenvalue weighted by molar-refractivity contribution is 5.24. The average molecular weight is 247 g/mol. The molecular formula is C16H25NO. The summed E-state index contributed by atoms with van der Waals surface area (Å²) in [7, 11) is 0. The van der Waals surface area contributed by atoms with Crippen LogP contribution in [0.2, 0.25) is 0 Å². The lowest BCUT2D eigenvalue weighted by molar-refractivity contribution is 0.00717. The Morgan fingerprint density at radius 3 is 2.61 bits per heavy atom. The first-order chi connectivity index (χ1) is 8.69. The zero-order valence-electron chi connectivity index (χ0n) is 11.8. The fraction of sp³-hybridized carbons (Fsp3) is 0.625. The Bertz CT molecular complexity index is 360. The van der Waals surface area contributed by atoms with Crippen LogP contribution in [0.3, 0.4) is 0 Å². The SMILES string of the molecule is CCCc1ccc(C2CNC(C)CC(C)O2)cc1. The van der Waals surface area contributed by atoms with Crippen molar-refractivity contribution in [1.29, 1.82) is 0 Å². The molecule has 0 spiro atoms. The van der Waals surface area contributed by atoms with Crippen molar-refractivity contribution < 1.29 is 4.74 Å². The fourth-order valence-corrected chi connectivity index (χ4v) is 2.66. The maximum atomic E-state index is 6.11. The molecule has 100 valence electrons. The maximum Gasteiger partial charge on any atom is 0.0952 e. The largest absolute Gasteiger partial charge is 0.369 e. The molecule has 1 aromatic carbocycles. The topological polar surface area (TPSA) is 21.3 Å². The first kappa shape index (κ1) is 13.6. The lowest BCUT2D eigenvalue weighted by atomic mass is 10.0. The van der Waals surface area contributed by atoms with E-state index in [1.807, 2.05) is 0 Å². The molecule has 0 aromatic heterocycles. The van der Waals surface area contributed by atoms with Gasteiger partial charge >= 0.3 is 0 Å². The number of hydrogen-bond acceptors (Lipinski definition) is 2. The molecule has 1 saturated heterocycles. The predicted molar refractivity (Wildman–Crippen MR) is 75.8 cm³/mol. The van der Waals surface area contributed by atoms with Crippen LogP contribution in [0.5, 0.6) is 0 Å². The van der Waals surface area contributed by atoms with E-state index in [-0.39, 0.29) is 6.10 Å². The van der Waals surface area contributed by atoms with Gasteiger partial charge in [-0.15, -0.1) is 0 Å². The van der Waals surface area contributed by atoms with Crippen molar-refractivity contribution in [2.24, 2.45) is 0 Å². The zero-order valence-corrected chi connectivity index (χ0v) is 11.8. The molecule has 0 saturated carbocycles. The molecule has 2 heteroatoms. The number of benzene rings is 1. The van der Waals surface area contributed by atoms with E-state index < -0.39 is 0 Å². The van der Waals surface area contributed by atoms with Crippen LogP contribution in [0.15, 0.2) is 24.3 Å². The average Bonchev–Trinajstić information content (AvgIpc) is 2.52. The third kappa shape index (κ3) is 3.56. The van der Waals surface area contributed by atoms with E-state index in [9.17, 15) is 0 Å². The normalized spacial score (nSPS) is 28.9. The fourth-order valence-electron chi connectivity index (χ4n) is 2.66. The first-order valence-electron chi connectivity index (χ1n) is 7.16. The summed E-state index contributed by atoms with van der Waals surface area (Å²) in [5.74, 6) is 0. The summed E-state index contributed by atoms with van der Waals surface area (Å²) in [5.41, 5.74) is 2.72. The van der Waals surface area contributed by atoms with E-state index in [1.54, 1.807) is 0 Å². The standard InChI is InChI=1S/C16H25NO/c1-4-5-14-6-8-15(9-7-14)16-11-17-12(2)10-13(3)18-16/h6-9,12-13,16-17H,4-5,10-11H2,1-3H3. The summed E-state index contributed by atoms with van der Waals surface area (Å²) >= 11 is 0. The number of ether oxygens (including phenoxy) is 1. The van der Waals surface area contributed by atoms with E-state index in [1.165, 1.54) is 17.5 Å². The Kier molecular flexibility index (Phi) is 4.79. The Morgan fingerprint density at radius 2 is 1.94 bits per heavy atom. The van der Waals surface area contributed by atoms with Crippen LogP contribution in [0, 0.1) is 0 Å². The molecule has 1 aromatic rings. The minimum Gasteiger partial charge on any atom is -0.369 e. The Labute approximate surface area is 111 Å². The quantitative estimate of drug-likeness (QED) is 0.883. The number of rotatable bonds is 3. The molecule has 1 heterocycles. The van der Waals surface area contributed by atoms with Gasteiger partial charge in [0.05, 0.1) is 12.2 Å². The lowest BCUT2D eigenvalue weighted by Crippen LogP contribution is -2.27. The van der Waals surface area contributed by atoms with Crippen LogP contribution >= 0.6 is 0 Å². The highest BCUT2D eigenvalue weighted by Gasteiger charge is 2.21. The van der Waals surface area contributed by atoms with Gasteiger partial charge in [-0.25, -0.2) is 0 Å². The zero-order chi connectivity index (χ0) is 13.0. The van der Waals surface area contributed by atoms with Gasteiger partial charge in [0.25, 0.3) is 0 Å². The van der Waals surface area contributed by atoms with Crippen LogP contribution in [0.1, 0.15) is 50.8 Å². The number of hydrogen-bond donors (Lipinski definition) is 1. The monoisotopic (exact) mass is 247 g/mol. The molecule has 0 amide bonds. The van der Waals surface area contributed by atoms with Crippen molar-refractivity contribution in [3.63, 3.8) is 0 Å². The molecule has 18 heavy (non-hydrogen) atoms. The minimum absolute atomic E-state index is 0.195. The van der Waals surface area contributed by atoms with Crippen LogP contribution < -0.4 is 5.32 Å². The van der Waals surface area contributed by atoms with Gasteiger partial charge in [-0.05, 0) is 37.8 Å². The third-order valence-corrected chi connectivity index (χ3v) is 3.62. The summed E-state index contributed by atoms with van der Waals surface area (Å²) in [6.45, 7) is 7.53. The molecule has 0 aliphatic carbocycles. The molecule has 1 aliphatic rings. The summed E-state index contributed by atoms with van der Waals surface area (Å²) in [5, 5.41) is 3.54. The molecule has 2 nitrogen and oxygen atoms in total. The molecule has 1 N–H and O–H groups in total. The van der Waals surface area contributed by atoms with E-state index in [0.29, 0.717) is 12.1 Å². The molecule has 1 aliphatic heterocycles. The van der Waals surface area contributed by atoms with Crippen LogP contribution in [0.25, 0.3) is 0 Å². The molecule has 3 atom stereocenters.